The molecule has 5 nitrogen and oxygen atoms in total. The van der Waals surface area contributed by atoms with Crippen LogP contribution in [-0.2, 0) is 24.2 Å². The standard InChI is InChI=1S/C16H19ClFN3O2/c1-2-4-14-20-16(23-21-14)6-3-5-15(22)19-10-11-7-8-13(18)12(17)9-11/h7-9H,2-6,10H2,1H3,(H,19,22). The van der Waals surface area contributed by atoms with Gasteiger partial charge in [-0.3, -0.25) is 4.79 Å². The van der Waals surface area contributed by atoms with Gasteiger partial charge in [0.1, 0.15) is 5.82 Å². The molecule has 0 aliphatic carbocycles. The van der Waals surface area contributed by atoms with E-state index in [1.165, 1.54) is 12.1 Å². The van der Waals surface area contributed by atoms with Gasteiger partial charge in [-0.05, 0) is 30.5 Å². The number of hydrogen-bond donors (Lipinski definition) is 1. The van der Waals surface area contributed by atoms with E-state index in [9.17, 15) is 9.18 Å². The van der Waals surface area contributed by atoms with Gasteiger partial charge in [0.05, 0.1) is 5.02 Å². The molecule has 1 heterocycles. The Hall–Kier alpha value is -1.95. The van der Waals surface area contributed by atoms with Crippen LogP contribution in [0.4, 0.5) is 4.39 Å². The predicted octanol–water partition coefficient (Wildman–Crippen LogP) is 3.45. The van der Waals surface area contributed by atoms with Crippen molar-refractivity contribution in [2.45, 2.75) is 45.6 Å². The van der Waals surface area contributed by atoms with Crippen LogP contribution in [0.5, 0.6) is 0 Å². The first kappa shape index (κ1) is 17.4. The first-order valence-electron chi connectivity index (χ1n) is 7.60. The summed E-state index contributed by atoms with van der Waals surface area (Å²) >= 11 is 5.69. The zero-order chi connectivity index (χ0) is 16.7. The van der Waals surface area contributed by atoms with E-state index in [0.29, 0.717) is 37.5 Å². The van der Waals surface area contributed by atoms with E-state index >= 15 is 0 Å². The molecule has 1 aromatic carbocycles. The maximum absolute atomic E-state index is 13.0. The Morgan fingerprint density at radius 3 is 2.96 bits per heavy atom. The molecule has 1 N–H and O–H groups in total. The number of carbonyl (C=O) groups excluding carboxylic acids is 1. The number of nitrogens with one attached hydrogen (secondary N) is 1. The summed E-state index contributed by atoms with van der Waals surface area (Å²) in [5.74, 6) is 0.717. The Bertz CT molecular complexity index is 661. The molecule has 0 aliphatic heterocycles. The van der Waals surface area contributed by atoms with Crippen LogP contribution < -0.4 is 5.32 Å². The second-order valence-corrected chi connectivity index (χ2v) is 5.64. The van der Waals surface area contributed by atoms with Crippen molar-refractivity contribution in [1.29, 1.82) is 0 Å². The second kappa shape index (κ2) is 8.62. The summed E-state index contributed by atoms with van der Waals surface area (Å²) in [6.45, 7) is 2.37. The quantitative estimate of drug-likeness (QED) is 0.799. The first-order chi connectivity index (χ1) is 11.1. The van der Waals surface area contributed by atoms with Crippen molar-refractivity contribution in [3.63, 3.8) is 0 Å². The maximum Gasteiger partial charge on any atom is 0.226 e. The van der Waals surface area contributed by atoms with E-state index in [1.807, 2.05) is 0 Å². The van der Waals surface area contributed by atoms with Crippen molar-refractivity contribution in [2.75, 3.05) is 0 Å². The smallest absolute Gasteiger partial charge is 0.226 e. The van der Waals surface area contributed by atoms with Gasteiger partial charge in [0.15, 0.2) is 5.82 Å². The van der Waals surface area contributed by atoms with E-state index in [1.54, 1.807) is 6.07 Å². The number of amides is 1. The van der Waals surface area contributed by atoms with Crippen molar-refractivity contribution in [3.05, 3.63) is 46.3 Å². The van der Waals surface area contributed by atoms with Crippen molar-refractivity contribution >= 4 is 17.5 Å². The summed E-state index contributed by atoms with van der Waals surface area (Å²) in [6.07, 6.45) is 3.33. The molecule has 0 fully saturated rings. The van der Waals surface area contributed by atoms with Crippen molar-refractivity contribution < 1.29 is 13.7 Å². The highest BCUT2D eigenvalue weighted by molar-refractivity contribution is 6.30. The van der Waals surface area contributed by atoms with Gasteiger partial charge >= 0.3 is 0 Å². The summed E-state index contributed by atoms with van der Waals surface area (Å²) < 4.78 is 18.1. The average molecular weight is 340 g/mol. The summed E-state index contributed by atoms with van der Waals surface area (Å²) in [7, 11) is 0. The molecular formula is C16H19ClFN3O2. The van der Waals surface area contributed by atoms with E-state index < -0.39 is 5.82 Å². The molecule has 7 heteroatoms. The minimum absolute atomic E-state index is 0.0519. The van der Waals surface area contributed by atoms with E-state index in [2.05, 4.69) is 22.4 Å². The Kier molecular flexibility index (Phi) is 6.52. The molecule has 1 amide bonds. The van der Waals surface area contributed by atoms with Crippen LogP contribution in [0, 0.1) is 5.82 Å². The molecular weight excluding hydrogens is 321 g/mol. The predicted molar refractivity (Wildman–Crippen MR) is 84.5 cm³/mol. The third-order valence-corrected chi connectivity index (χ3v) is 3.54. The van der Waals surface area contributed by atoms with Gasteiger partial charge in [0.2, 0.25) is 11.8 Å². The molecule has 0 unspecified atom stereocenters. The lowest BCUT2D eigenvalue weighted by molar-refractivity contribution is -0.121. The van der Waals surface area contributed by atoms with E-state index in [-0.39, 0.29) is 10.9 Å². The fourth-order valence-corrected chi connectivity index (χ4v) is 2.26. The minimum Gasteiger partial charge on any atom is -0.352 e. The molecule has 23 heavy (non-hydrogen) atoms. The van der Waals surface area contributed by atoms with Crippen LogP contribution in [0.1, 0.15) is 43.5 Å². The number of aryl methyl sites for hydroxylation is 2. The zero-order valence-electron chi connectivity index (χ0n) is 12.9. The van der Waals surface area contributed by atoms with Gasteiger partial charge in [0.25, 0.3) is 0 Å². The van der Waals surface area contributed by atoms with Crippen LogP contribution in [0.15, 0.2) is 22.7 Å². The lowest BCUT2D eigenvalue weighted by Gasteiger charge is -2.05. The molecule has 0 saturated heterocycles. The third-order valence-electron chi connectivity index (χ3n) is 3.25. The maximum atomic E-state index is 13.0. The fourth-order valence-electron chi connectivity index (χ4n) is 2.06. The molecule has 0 bridgehead atoms. The number of halogens is 2. The zero-order valence-corrected chi connectivity index (χ0v) is 13.7. The number of rotatable bonds is 8. The fraction of sp³-hybridized carbons (Fsp3) is 0.438. The van der Waals surface area contributed by atoms with Gasteiger partial charge in [-0.2, -0.15) is 4.98 Å². The molecule has 0 radical (unpaired) electrons. The number of nitrogens with zero attached hydrogens (tertiary/aromatic N) is 2. The van der Waals surface area contributed by atoms with Crippen LogP contribution in [0.2, 0.25) is 5.02 Å². The van der Waals surface area contributed by atoms with Crippen molar-refractivity contribution in [2.24, 2.45) is 0 Å². The van der Waals surface area contributed by atoms with Gasteiger partial charge in [-0.15, -0.1) is 0 Å². The SMILES string of the molecule is CCCc1noc(CCCC(=O)NCc2ccc(F)c(Cl)c2)n1. The van der Waals surface area contributed by atoms with Crippen LogP contribution in [0.25, 0.3) is 0 Å². The van der Waals surface area contributed by atoms with Gasteiger partial charge in [0, 0.05) is 25.8 Å². The van der Waals surface area contributed by atoms with Crippen molar-refractivity contribution in [3.8, 4) is 0 Å². The van der Waals surface area contributed by atoms with E-state index in [0.717, 1.165) is 18.4 Å². The van der Waals surface area contributed by atoms with Crippen LogP contribution in [0.3, 0.4) is 0 Å². The largest absolute Gasteiger partial charge is 0.352 e. The Morgan fingerprint density at radius 1 is 1.39 bits per heavy atom. The Balaban J connectivity index is 1.69. The lowest BCUT2D eigenvalue weighted by atomic mass is 10.2. The molecule has 0 saturated carbocycles. The molecule has 2 aromatic rings. The summed E-state index contributed by atoms with van der Waals surface area (Å²) in [6, 6.07) is 4.38. The molecule has 0 spiro atoms. The average Bonchev–Trinajstić information content (AvgIpc) is 2.96. The Labute approximate surface area is 139 Å². The molecule has 1 aromatic heterocycles. The van der Waals surface area contributed by atoms with Crippen LogP contribution >= 0.6 is 11.6 Å². The van der Waals surface area contributed by atoms with Gasteiger partial charge in [-0.25, -0.2) is 4.39 Å². The highest BCUT2D eigenvalue weighted by Gasteiger charge is 2.08. The molecule has 2 rings (SSSR count). The minimum atomic E-state index is -0.469. The van der Waals surface area contributed by atoms with E-state index in [4.69, 9.17) is 16.1 Å². The highest BCUT2D eigenvalue weighted by atomic mass is 35.5. The number of aromatic nitrogens is 2. The van der Waals surface area contributed by atoms with Gasteiger partial charge in [-0.1, -0.05) is 29.7 Å². The van der Waals surface area contributed by atoms with Gasteiger partial charge < -0.3 is 9.84 Å². The molecule has 0 atom stereocenters. The number of benzene rings is 1. The number of hydrogen-bond acceptors (Lipinski definition) is 4. The normalized spacial score (nSPS) is 10.7. The highest BCUT2D eigenvalue weighted by Crippen LogP contribution is 2.15. The monoisotopic (exact) mass is 339 g/mol. The lowest BCUT2D eigenvalue weighted by Crippen LogP contribution is -2.22. The Morgan fingerprint density at radius 2 is 2.22 bits per heavy atom. The third kappa shape index (κ3) is 5.63. The molecule has 0 aliphatic rings. The van der Waals surface area contributed by atoms with Crippen LogP contribution in [-0.4, -0.2) is 16.0 Å². The van der Waals surface area contributed by atoms with Crippen molar-refractivity contribution in [1.82, 2.24) is 15.5 Å². The summed E-state index contributed by atoms with van der Waals surface area (Å²) in [4.78, 5) is 16.0. The number of carbonyl (C=O) groups is 1. The molecule has 124 valence electrons. The topological polar surface area (TPSA) is 68.0 Å². The summed E-state index contributed by atoms with van der Waals surface area (Å²) in [5, 5.41) is 6.69. The first-order valence-corrected chi connectivity index (χ1v) is 7.98. The second-order valence-electron chi connectivity index (χ2n) is 5.23. The summed E-state index contributed by atoms with van der Waals surface area (Å²) in [5.41, 5.74) is 0.755.